The molecule has 0 aromatic heterocycles. The van der Waals surface area contributed by atoms with E-state index in [0.717, 1.165) is 17.9 Å². The van der Waals surface area contributed by atoms with Gasteiger partial charge in [-0.05, 0) is 56.9 Å². The van der Waals surface area contributed by atoms with Crippen LogP contribution in [0.5, 0.6) is 0 Å². The van der Waals surface area contributed by atoms with Crippen molar-refractivity contribution in [3.63, 3.8) is 0 Å². The average Bonchev–Trinajstić information content (AvgIpc) is 2.73. The summed E-state index contributed by atoms with van der Waals surface area (Å²) in [6.07, 6.45) is 10.0. The van der Waals surface area contributed by atoms with Gasteiger partial charge in [0.2, 0.25) is 0 Å². The minimum Gasteiger partial charge on any atom is -0.381 e. The van der Waals surface area contributed by atoms with Crippen LogP contribution in [0.4, 0.5) is 0 Å². The molecule has 0 saturated heterocycles. The number of hydrogen-bond donors (Lipinski definition) is 1. The first-order valence-electron chi connectivity index (χ1n) is 7.05. The van der Waals surface area contributed by atoms with Crippen LogP contribution in [0.25, 0.3) is 0 Å². The van der Waals surface area contributed by atoms with Crippen molar-refractivity contribution in [3.05, 3.63) is 0 Å². The van der Waals surface area contributed by atoms with Crippen LogP contribution in [0.3, 0.4) is 0 Å². The second-order valence-electron chi connectivity index (χ2n) is 5.80. The van der Waals surface area contributed by atoms with Crippen molar-refractivity contribution in [2.45, 2.75) is 64.0 Å². The van der Waals surface area contributed by atoms with E-state index in [4.69, 9.17) is 4.74 Å². The van der Waals surface area contributed by atoms with Gasteiger partial charge in [0.25, 0.3) is 0 Å². The van der Waals surface area contributed by atoms with Crippen molar-refractivity contribution in [2.24, 2.45) is 11.8 Å². The number of ether oxygens (including phenoxy) is 1. The summed E-state index contributed by atoms with van der Waals surface area (Å²) in [5.41, 5.74) is 0. The normalized spacial score (nSPS) is 40.1. The van der Waals surface area contributed by atoms with Crippen LogP contribution in [0.15, 0.2) is 0 Å². The molecule has 0 spiro atoms. The van der Waals surface area contributed by atoms with E-state index in [9.17, 15) is 0 Å². The highest BCUT2D eigenvalue weighted by Gasteiger charge is 2.25. The summed E-state index contributed by atoms with van der Waals surface area (Å²) in [5, 5.41) is 3.79. The molecule has 2 saturated carbocycles. The van der Waals surface area contributed by atoms with Gasteiger partial charge in [0.15, 0.2) is 0 Å². The molecule has 1 N–H and O–H groups in total. The first-order valence-corrected chi connectivity index (χ1v) is 7.05. The molecule has 2 nitrogen and oxygen atoms in total. The van der Waals surface area contributed by atoms with E-state index >= 15 is 0 Å². The van der Waals surface area contributed by atoms with Crippen molar-refractivity contribution in [1.82, 2.24) is 5.32 Å². The Hall–Kier alpha value is -0.0800. The molecule has 0 aromatic carbocycles. The fraction of sp³-hybridized carbons (Fsp3) is 1.00. The summed E-state index contributed by atoms with van der Waals surface area (Å²) in [4.78, 5) is 0. The predicted molar refractivity (Wildman–Crippen MR) is 67.6 cm³/mol. The van der Waals surface area contributed by atoms with Gasteiger partial charge in [0.05, 0.1) is 6.10 Å². The molecule has 0 radical (unpaired) electrons. The van der Waals surface area contributed by atoms with E-state index in [0.29, 0.717) is 6.10 Å². The summed E-state index contributed by atoms with van der Waals surface area (Å²) in [6.45, 7) is 3.64. The molecule has 0 aromatic rings. The van der Waals surface area contributed by atoms with Gasteiger partial charge in [-0.2, -0.15) is 0 Å². The quantitative estimate of drug-likeness (QED) is 0.794. The molecule has 2 heteroatoms. The van der Waals surface area contributed by atoms with Crippen LogP contribution in [-0.4, -0.2) is 25.8 Å². The maximum atomic E-state index is 5.41. The molecular formula is C14H27NO. The van der Waals surface area contributed by atoms with Gasteiger partial charge in [-0.1, -0.05) is 13.3 Å². The van der Waals surface area contributed by atoms with Gasteiger partial charge in [0, 0.05) is 13.2 Å². The zero-order valence-corrected chi connectivity index (χ0v) is 10.9. The van der Waals surface area contributed by atoms with Crippen LogP contribution in [-0.2, 0) is 4.74 Å². The van der Waals surface area contributed by atoms with Crippen LogP contribution in [0.2, 0.25) is 0 Å². The fourth-order valence-corrected chi connectivity index (χ4v) is 3.34. The highest BCUT2D eigenvalue weighted by Crippen LogP contribution is 2.28. The Morgan fingerprint density at radius 3 is 2.38 bits per heavy atom. The summed E-state index contributed by atoms with van der Waals surface area (Å²) in [6, 6.07) is 0.806. The van der Waals surface area contributed by atoms with Gasteiger partial charge < -0.3 is 10.1 Å². The largest absolute Gasteiger partial charge is 0.381 e. The Morgan fingerprint density at radius 2 is 1.81 bits per heavy atom. The molecule has 16 heavy (non-hydrogen) atoms. The molecule has 2 fully saturated rings. The smallest absolute Gasteiger partial charge is 0.0571 e. The lowest BCUT2D eigenvalue weighted by Crippen LogP contribution is -2.36. The van der Waals surface area contributed by atoms with E-state index in [2.05, 4.69) is 12.2 Å². The highest BCUT2D eigenvalue weighted by atomic mass is 16.5. The Labute approximate surface area is 100 Å². The maximum Gasteiger partial charge on any atom is 0.0571 e. The molecule has 0 amide bonds. The second kappa shape index (κ2) is 6.02. The van der Waals surface area contributed by atoms with Gasteiger partial charge in [-0.25, -0.2) is 0 Å². The van der Waals surface area contributed by atoms with Gasteiger partial charge >= 0.3 is 0 Å². The molecule has 2 atom stereocenters. The third kappa shape index (κ3) is 3.21. The molecule has 0 bridgehead atoms. The lowest BCUT2D eigenvalue weighted by Gasteiger charge is -2.29. The maximum absolute atomic E-state index is 5.41. The Balaban J connectivity index is 1.63. The fourth-order valence-electron chi connectivity index (χ4n) is 3.34. The van der Waals surface area contributed by atoms with Crippen LogP contribution >= 0.6 is 0 Å². The minimum absolute atomic E-state index is 0.543. The molecule has 2 rings (SSSR count). The number of rotatable bonds is 4. The average molecular weight is 225 g/mol. The first kappa shape index (κ1) is 12.4. The summed E-state index contributed by atoms with van der Waals surface area (Å²) < 4.78 is 5.41. The van der Waals surface area contributed by atoms with E-state index < -0.39 is 0 Å². The molecule has 0 unspecified atom stereocenters. The standard InChI is InChI=1S/C14H27NO/c1-11-4-3-5-14(11)15-10-12-6-8-13(16-2)9-7-12/h11-15H,3-10H2,1-2H3/t11-,12?,13?,14-/m1/s1. The van der Waals surface area contributed by atoms with Gasteiger partial charge in [-0.3, -0.25) is 0 Å². The molecule has 0 heterocycles. The van der Waals surface area contributed by atoms with Crippen LogP contribution in [0.1, 0.15) is 51.9 Å². The zero-order chi connectivity index (χ0) is 11.4. The van der Waals surface area contributed by atoms with Gasteiger partial charge in [-0.15, -0.1) is 0 Å². The third-order valence-corrected chi connectivity index (χ3v) is 4.66. The summed E-state index contributed by atoms with van der Waals surface area (Å²) >= 11 is 0. The first-order chi connectivity index (χ1) is 7.79. The SMILES string of the molecule is COC1CCC(CN[C@@H]2CCC[C@H]2C)CC1. The van der Waals surface area contributed by atoms with Crippen molar-refractivity contribution < 1.29 is 4.74 Å². The molecule has 2 aliphatic rings. The highest BCUT2D eigenvalue weighted by molar-refractivity contribution is 4.82. The summed E-state index contributed by atoms with van der Waals surface area (Å²) in [5.74, 6) is 1.80. The lowest BCUT2D eigenvalue weighted by molar-refractivity contribution is 0.0562. The van der Waals surface area contributed by atoms with E-state index in [1.807, 2.05) is 7.11 Å². The van der Waals surface area contributed by atoms with Gasteiger partial charge in [0.1, 0.15) is 0 Å². The van der Waals surface area contributed by atoms with E-state index in [-0.39, 0.29) is 0 Å². The second-order valence-corrected chi connectivity index (χ2v) is 5.80. The van der Waals surface area contributed by atoms with Crippen molar-refractivity contribution >= 4 is 0 Å². The molecular weight excluding hydrogens is 198 g/mol. The number of methoxy groups -OCH3 is 1. The number of hydrogen-bond acceptors (Lipinski definition) is 2. The van der Waals surface area contributed by atoms with Crippen LogP contribution in [0, 0.1) is 11.8 Å². The van der Waals surface area contributed by atoms with E-state index in [1.165, 1.54) is 51.5 Å². The lowest BCUT2D eigenvalue weighted by atomic mass is 9.87. The monoisotopic (exact) mass is 225 g/mol. The zero-order valence-electron chi connectivity index (χ0n) is 10.9. The molecule has 94 valence electrons. The van der Waals surface area contributed by atoms with Crippen LogP contribution < -0.4 is 5.32 Å². The number of nitrogens with one attached hydrogen (secondary N) is 1. The Kier molecular flexibility index (Phi) is 4.66. The van der Waals surface area contributed by atoms with Crippen molar-refractivity contribution in [1.29, 1.82) is 0 Å². The Morgan fingerprint density at radius 1 is 1.06 bits per heavy atom. The minimum atomic E-state index is 0.543. The molecule has 0 aliphatic heterocycles. The van der Waals surface area contributed by atoms with E-state index in [1.54, 1.807) is 0 Å². The topological polar surface area (TPSA) is 21.3 Å². The summed E-state index contributed by atoms with van der Waals surface area (Å²) in [7, 11) is 1.85. The molecule has 2 aliphatic carbocycles. The van der Waals surface area contributed by atoms with Crippen molar-refractivity contribution in [3.8, 4) is 0 Å². The predicted octanol–water partition coefficient (Wildman–Crippen LogP) is 2.97. The third-order valence-electron chi connectivity index (χ3n) is 4.66. The van der Waals surface area contributed by atoms with Crippen molar-refractivity contribution in [2.75, 3.05) is 13.7 Å². The Bertz CT molecular complexity index is 199.